The molecule has 1 aromatic carbocycles. The van der Waals surface area contributed by atoms with Gasteiger partial charge in [-0.05, 0) is 37.0 Å². The van der Waals surface area contributed by atoms with E-state index in [0.717, 1.165) is 24.8 Å². The summed E-state index contributed by atoms with van der Waals surface area (Å²) >= 11 is 0. The first kappa shape index (κ1) is 14.7. The molecule has 1 aliphatic heterocycles. The van der Waals surface area contributed by atoms with Crippen molar-refractivity contribution < 1.29 is 14.3 Å². The number of aliphatic hydroxyl groups is 1. The summed E-state index contributed by atoms with van der Waals surface area (Å²) in [5, 5.41) is 9.51. The lowest BCUT2D eigenvalue weighted by Crippen LogP contribution is -2.47. The van der Waals surface area contributed by atoms with E-state index in [1.54, 1.807) is 23.1 Å². The van der Waals surface area contributed by atoms with Crippen molar-refractivity contribution in [2.75, 3.05) is 6.61 Å². The van der Waals surface area contributed by atoms with Crippen LogP contribution < -0.4 is 0 Å². The summed E-state index contributed by atoms with van der Waals surface area (Å²) in [4.78, 5) is 14.0. The molecular weight excluding hydrogens is 257 g/mol. The van der Waals surface area contributed by atoms with E-state index < -0.39 is 0 Å². The van der Waals surface area contributed by atoms with E-state index in [4.69, 9.17) is 0 Å². The molecule has 0 saturated carbocycles. The number of hydrogen-bond donors (Lipinski definition) is 1. The molecule has 2 atom stereocenters. The lowest BCUT2D eigenvalue weighted by Gasteiger charge is -2.41. The monoisotopic (exact) mass is 277 g/mol. The molecule has 20 heavy (non-hydrogen) atoms. The second-order valence-corrected chi connectivity index (χ2v) is 5.13. The molecule has 0 unspecified atom stereocenters. The lowest BCUT2D eigenvalue weighted by molar-refractivity contribution is -0.139. The number of nitrogens with zero attached hydrogens (tertiary/aromatic N) is 1. The van der Waals surface area contributed by atoms with Gasteiger partial charge < -0.3 is 10.0 Å². The maximum atomic E-state index is 13.0. The highest BCUT2D eigenvalue weighted by Gasteiger charge is 2.33. The largest absolute Gasteiger partial charge is 0.394 e. The number of aliphatic hydroxyl groups excluding tert-OH is 1. The Labute approximate surface area is 118 Å². The van der Waals surface area contributed by atoms with Crippen molar-refractivity contribution in [1.82, 2.24) is 4.90 Å². The summed E-state index contributed by atoms with van der Waals surface area (Å²) in [6.45, 7) is 3.56. The minimum Gasteiger partial charge on any atom is -0.394 e. The van der Waals surface area contributed by atoms with E-state index in [9.17, 15) is 14.3 Å². The van der Waals surface area contributed by atoms with Gasteiger partial charge in [0, 0.05) is 6.42 Å². The zero-order chi connectivity index (χ0) is 14.5. The van der Waals surface area contributed by atoms with Crippen LogP contribution in [0.2, 0.25) is 0 Å². The normalized spacial score (nSPS) is 22.6. The summed E-state index contributed by atoms with van der Waals surface area (Å²) in [6.07, 6.45) is 4.43. The number of likely N-dealkylation sites (tertiary alicyclic amines) is 1. The molecule has 0 spiro atoms. The zero-order valence-electron chi connectivity index (χ0n) is 11.5. The van der Waals surface area contributed by atoms with Gasteiger partial charge >= 0.3 is 0 Å². The molecule has 1 N–H and O–H groups in total. The molecule has 1 heterocycles. The van der Waals surface area contributed by atoms with Gasteiger partial charge in [-0.25, -0.2) is 4.39 Å². The van der Waals surface area contributed by atoms with Gasteiger partial charge in [0.05, 0.1) is 18.7 Å². The second kappa shape index (κ2) is 6.66. The standard InChI is InChI=1S/C16H20FNO2/c1-2-4-16(20)18-14(11-19)5-3-6-15(18)12-7-9-13(17)10-8-12/h2,7-10,14-15,19H,1,3-6,11H2/t14-,15+/m1/s1. The van der Waals surface area contributed by atoms with Gasteiger partial charge in [-0.3, -0.25) is 4.79 Å². The summed E-state index contributed by atoms with van der Waals surface area (Å²) in [5.41, 5.74) is 0.918. The van der Waals surface area contributed by atoms with Crippen molar-refractivity contribution in [3.63, 3.8) is 0 Å². The van der Waals surface area contributed by atoms with Gasteiger partial charge in [0.25, 0.3) is 0 Å². The number of hydrogen-bond acceptors (Lipinski definition) is 2. The topological polar surface area (TPSA) is 40.5 Å². The van der Waals surface area contributed by atoms with Crippen molar-refractivity contribution in [3.05, 3.63) is 48.3 Å². The molecular formula is C16H20FNO2. The molecule has 1 aliphatic rings. The fourth-order valence-corrected chi connectivity index (χ4v) is 2.88. The Morgan fingerprint density at radius 3 is 2.70 bits per heavy atom. The third-order valence-electron chi connectivity index (χ3n) is 3.82. The van der Waals surface area contributed by atoms with E-state index in [-0.39, 0.29) is 36.8 Å². The minimum atomic E-state index is -0.285. The van der Waals surface area contributed by atoms with Crippen molar-refractivity contribution >= 4 is 5.91 Å². The molecule has 1 saturated heterocycles. The first-order valence-corrected chi connectivity index (χ1v) is 6.95. The highest BCUT2D eigenvalue weighted by Crippen LogP contribution is 2.34. The smallest absolute Gasteiger partial charge is 0.227 e. The van der Waals surface area contributed by atoms with Crippen LogP contribution in [-0.2, 0) is 4.79 Å². The van der Waals surface area contributed by atoms with E-state index in [1.165, 1.54) is 12.1 Å². The first-order chi connectivity index (χ1) is 9.67. The van der Waals surface area contributed by atoms with Gasteiger partial charge in [-0.15, -0.1) is 6.58 Å². The molecule has 0 aliphatic carbocycles. The summed E-state index contributed by atoms with van der Waals surface area (Å²) < 4.78 is 13.0. The fourth-order valence-electron chi connectivity index (χ4n) is 2.88. The summed E-state index contributed by atoms with van der Waals surface area (Å²) in [5.74, 6) is -0.319. The van der Waals surface area contributed by atoms with Gasteiger partial charge in [-0.1, -0.05) is 18.2 Å². The highest BCUT2D eigenvalue weighted by atomic mass is 19.1. The van der Waals surface area contributed by atoms with Gasteiger partial charge in [0.1, 0.15) is 5.82 Å². The predicted molar refractivity (Wildman–Crippen MR) is 75.5 cm³/mol. The number of piperidine rings is 1. The summed E-state index contributed by atoms with van der Waals surface area (Å²) in [6, 6.07) is 6.00. The molecule has 1 amide bonds. The molecule has 0 aromatic heterocycles. The van der Waals surface area contributed by atoms with E-state index in [2.05, 4.69) is 6.58 Å². The number of carbonyl (C=O) groups excluding carboxylic acids is 1. The van der Waals surface area contributed by atoms with E-state index in [1.807, 2.05) is 0 Å². The Morgan fingerprint density at radius 1 is 1.40 bits per heavy atom. The van der Waals surface area contributed by atoms with Crippen molar-refractivity contribution in [2.45, 2.75) is 37.8 Å². The Balaban J connectivity index is 2.29. The molecule has 3 nitrogen and oxygen atoms in total. The average Bonchev–Trinajstić information content (AvgIpc) is 2.47. The number of amides is 1. The van der Waals surface area contributed by atoms with Crippen molar-refractivity contribution in [1.29, 1.82) is 0 Å². The maximum Gasteiger partial charge on any atom is 0.227 e. The van der Waals surface area contributed by atoms with Crippen LogP contribution in [0.1, 0.15) is 37.3 Å². The summed E-state index contributed by atoms with van der Waals surface area (Å²) in [7, 11) is 0. The molecule has 0 radical (unpaired) electrons. The van der Waals surface area contributed by atoms with Gasteiger partial charge in [0.2, 0.25) is 5.91 Å². The third kappa shape index (κ3) is 3.07. The highest BCUT2D eigenvalue weighted by molar-refractivity contribution is 5.78. The average molecular weight is 277 g/mol. The van der Waals surface area contributed by atoms with Crippen LogP contribution in [0.3, 0.4) is 0 Å². The fraction of sp³-hybridized carbons (Fsp3) is 0.438. The van der Waals surface area contributed by atoms with Crippen LogP contribution in [0.4, 0.5) is 4.39 Å². The minimum absolute atomic E-state index is 0.0342. The van der Waals surface area contributed by atoms with Gasteiger partial charge in [-0.2, -0.15) is 0 Å². The van der Waals surface area contributed by atoms with Crippen LogP contribution in [0, 0.1) is 5.82 Å². The van der Waals surface area contributed by atoms with Crippen LogP contribution in [0.15, 0.2) is 36.9 Å². The lowest BCUT2D eigenvalue weighted by atomic mass is 9.90. The number of rotatable bonds is 4. The van der Waals surface area contributed by atoms with Crippen molar-refractivity contribution in [2.24, 2.45) is 0 Å². The van der Waals surface area contributed by atoms with E-state index in [0.29, 0.717) is 0 Å². The maximum absolute atomic E-state index is 13.0. The number of halogens is 1. The Hall–Kier alpha value is -1.68. The van der Waals surface area contributed by atoms with E-state index >= 15 is 0 Å². The molecule has 2 rings (SSSR count). The first-order valence-electron chi connectivity index (χ1n) is 6.95. The van der Waals surface area contributed by atoms with Gasteiger partial charge in [0.15, 0.2) is 0 Å². The van der Waals surface area contributed by atoms with Crippen LogP contribution in [0.5, 0.6) is 0 Å². The predicted octanol–water partition coefficient (Wildman–Crippen LogP) is 2.82. The van der Waals surface area contributed by atoms with Crippen LogP contribution in [-0.4, -0.2) is 28.6 Å². The third-order valence-corrected chi connectivity index (χ3v) is 3.82. The molecule has 4 heteroatoms. The van der Waals surface area contributed by atoms with Crippen LogP contribution in [0.25, 0.3) is 0 Å². The van der Waals surface area contributed by atoms with Crippen LogP contribution >= 0.6 is 0 Å². The second-order valence-electron chi connectivity index (χ2n) is 5.13. The zero-order valence-corrected chi connectivity index (χ0v) is 11.5. The quantitative estimate of drug-likeness (QED) is 0.860. The van der Waals surface area contributed by atoms with Crippen molar-refractivity contribution in [3.8, 4) is 0 Å². The Bertz CT molecular complexity index is 472. The molecule has 1 aromatic rings. The Kier molecular flexibility index (Phi) is 4.90. The Morgan fingerprint density at radius 2 is 2.10 bits per heavy atom. The number of benzene rings is 1. The number of carbonyl (C=O) groups is 1. The molecule has 1 fully saturated rings. The molecule has 0 bridgehead atoms. The SMILES string of the molecule is C=CCC(=O)N1[C@@H](CO)CCC[C@H]1c1ccc(F)cc1. The molecule has 108 valence electrons.